The molecule has 1 atom stereocenters. The van der Waals surface area contributed by atoms with Gasteiger partial charge in [-0.15, -0.1) is 10.2 Å². The molecule has 11 heteroatoms. The average Bonchev–Trinajstić information content (AvgIpc) is 3.39. The van der Waals surface area contributed by atoms with Crippen LogP contribution in [0.5, 0.6) is 17.2 Å². The van der Waals surface area contributed by atoms with E-state index in [0.29, 0.717) is 58.0 Å². The molecule has 0 spiro atoms. The predicted octanol–water partition coefficient (Wildman–Crippen LogP) is 5.29. The van der Waals surface area contributed by atoms with Crippen LogP contribution in [0.25, 0.3) is 0 Å². The van der Waals surface area contributed by atoms with Crippen molar-refractivity contribution in [3.63, 3.8) is 0 Å². The number of methoxy groups -OCH3 is 3. The van der Waals surface area contributed by atoms with Gasteiger partial charge in [-0.05, 0) is 43.4 Å². The van der Waals surface area contributed by atoms with Gasteiger partial charge in [0.1, 0.15) is 5.82 Å². The molecule has 1 aromatic carbocycles. The van der Waals surface area contributed by atoms with Gasteiger partial charge in [-0.25, -0.2) is 0 Å². The summed E-state index contributed by atoms with van der Waals surface area (Å²) in [6.07, 6.45) is 7.91. The molecule has 3 aliphatic rings. The van der Waals surface area contributed by atoms with Gasteiger partial charge in [-0.2, -0.15) is 5.26 Å². The number of nitriles is 1. The van der Waals surface area contributed by atoms with Crippen LogP contribution in [0.3, 0.4) is 0 Å². The first kappa shape index (κ1) is 26.4. The number of hydrogen-bond acceptors (Lipinski definition) is 11. The lowest BCUT2D eigenvalue weighted by Crippen LogP contribution is -2.38. The van der Waals surface area contributed by atoms with Crippen molar-refractivity contribution in [2.24, 2.45) is 5.73 Å². The van der Waals surface area contributed by atoms with Crippen molar-refractivity contribution in [3.05, 3.63) is 40.4 Å². The topological polar surface area (TPSA) is 124 Å². The summed E-state index contributed by atoms with van der Waals surface area (Å²) >= 11 is 3.23. The molecule has 1 unspecified atom stereocenters. The Balaban J connectivity index is 1.60. The molecule has 2 heterocycles. The van der Waals surface area contributed by atoms with Crippen molar-refractivity contribution >= 4 is 34.0 Å². The molecular formula is C27H31N5O4S2. The lowest BCUT2D eigenvalue weighted by Gasteiger charge is -2.38. The zero-order chi connectivity index (χ0) is 26.8. The van der Waals surface area contributed by atoms with Gasteiger partial charge >= 0.3 is 0 Å². The molecule has 1 fully saturated rings. The van der Waals surface area contributed by atoms with Crippen molar-refractivity contribution in [1.82, 2.24) is 10.2 Å². The zero-order valence-corrected chi connectivity index (χ0v) is 23.4. The maximum atomic E-state index is 13.5. The second-order valence-corrected chi connectivity index (χ2v) is 12.0. The monoisotopic (exact) mass is 553 g/mol. The summed E-state index contributed by atoms with van der Waals surface area (Å²) in [5.41, 5.74) is 9.02. The van der Waals surface area contributed by atoms with E-state index in [1.54, 1.807) is 28.8 Å². The molecule has 200 valence electrons. The lowest BCUT2D eigenvalue weighted by atomic mass is 9.75. The number of ether oxygens (including phenoxy) is 3. The molecule has 5 rings (SSSR count). The second-order valence-electron chi connectivity index (χ2n) is 9.50. The molecule has 0 radical (unpaired) electrons. The van der Waals surface area contributed by atoms with Gasteiger partial charge in [0.2, 0.25) is 10.9 Å². The van der Waals surface area contributed by atoms with Crippen LogP contribution in [0.15, 0.2) is 39.1 Å². The van der Waals surface area contributed by atoms with Crippen LogP contribution in [0, 0.1) is 11.3 Å². The smallest absolute Gasteiger partial charge is 0.219 e. The van der Waals surface area contributed by atoms with Crippen LogP contribution < -0.4 is 24.8 Å². The van der Waals surface area contributed by atoms with Crippen molar-refractivity contribution < 1.29 is 19.0 Å². The maximum Gasteiger partial charge on any atom is 0.219 e. The van der Waals surface area contributed by atoms with Gasteiger partial charge in [0.15, 0.2) is 21.6 Å². The normalized spacial score (nSPS) is 20.3. The Labute approximate surface area is 230 Å². The Morgan fingerprint density at radius 1 is 1.05 bits per heavy atom. The van der Waals surface area contributed by atoms with E-state index in [9.17, 15) is 10.1 Å². The number of carbonyl (C=O) groups is 1. The standard InChI is InChI=1S/C27H31N5O4S2/c1-34-20-12-15(13-21(35-2)24(20)36-3)22-17(14-28)25(29)32(18-10-7-11-19(33)23(18)22)26-30-31-27(38-26)37-16-8-5-4-6-9-16/h12-13,16,22H,4-11,29H2,1-3H3. The molecule has 2 N–H and O–H groups in total. The van der Waals surface area contributed by atoms with Crippen LogP contribution in [0.4, 0.5) is 5.13 Å². The second kappa shape index (κ2) is 11.3. The van der Waals surface area contributed by atoms with Crippen molar-refractivity contribution in [3.8, 4) is 23.3 Å². The number of anilines is 1. The number of aromatic nitrogens is 2. The molecule has 1 saturated carbocycles. The maximum absolute atomic E-state index is 13.5. The minimum Gasteiger partial charge on any atom is -0.493 e. The number of rotatable bonds is 7. The number of nitrogens with zero attached hydrogens (tertiary/aromatic N) is 4. The van der Waals surface area contributed by atoms with E-state index in [2.05, 4.69) is 16.3 Å². The highest BCUT2D eigenvalue weighted by Gasteiger charge is 2.42. The first-order valence-electron chi connectivity index (χ1n) is 12.8. The fourth-order valence-corrected chi connectivity index (χ4v) is 7.96. The van der Waals surface area contributed by atoms with Crippen molar-refractivity contribution in [2.45, 2.75) is 66.9 Å². The Hall–Kier alpha value is -3.23. The minimum atomic E-state index is -0.656. The highest BCUT2D eigenvalue weighted by atomic mass is 32.2. The predicted molar refractivity (Wildman–Crippen MR) is 147 cm³/mol. The van der Waals surface area contributed by atoms with Crippen molar-refractivity contribution in [1.29, 1.82) is 5.26 Å². The molecular weight excluding hydrogens is 522 g/mol. The summed E-state index contributed by atoms with van der Waals surface area (Å²) in [5, 5.41) is 20.4. The van der Waals surface area contributed by atoms with Gasteiger partial charge in [0.25, 0.3) is 0 Å². The highest BCUT2D eigenvalue weighted by Crippen LogP contribution is 2.50. The van der Waals surface area contributed by atoms with E-state index < -0.39 is 5.92 Å². The number of ketones is 1. The molecule has 9 nitrogen and oxygen atoms in total. The first-order valence-corrected chi connectivity index (χ1v) is 14.5. The molecule has 0 bridgehead atoms. The third kappa shape index (κ3) is 4.71. The highest BCUT2D eigenvalue weighted by molar-refractivity contribution is 8.01. The largest absolute Gasteiger partial charge is 0.493 e. The number of carbonyl (C=O) groups excluding carboxylic acids is 1. The van der Waals surface area contributed by atoms with E-state index in [0.717, 1.165) is 10.0 Å². The summed E-state index contributed by atoms with van der Waals surface area (Å²) in [4.78, 5) is 15.3. The number of Topliss-reactive ketones (excluding diaryl/α,β-unsaturated/α-hetero) is 1. The van der Waals surface area contributed by atoms with Gasteiger partial charge in [0, 0.05) is 22.9 Å². The average molecular weight is 554 g/mol. The van der Waals surface area contributed by atoms with E-state index in [4.69, 9.17) is 19.9 Å². The SMILES string of the molecule is COc1cc(C2C(C#N)=C(N)N(c3nnc(SC4CCCCC4)s3)C3=C2C(=O)CCC3)cc(OC)c1OC. The molecule has 38 heavy (non-hydrogen) atoms. The lowest BCUT2D eigenvalue weighted by molar-refractivity contribution is -0.116. The Morgan fingerprint density at radius 3 is 2.39 bits per heavy atom. The Bertz CT molecular complexity index is 1310. The van der Waals surface area contributed by atoms with Gasteiger partial charge in [-0.3, -0.25) is 9.69 Å². The fraction of sp³-hybridized carbons (Fsp3) is 0.481. The van der Waals surface area contributed by atoms with E-state index >= 15 is 0 Å². The van der Waals surface area contributed by atoms with Crippen LogP contribution >= 0.6 is 23.1 Å². The first-order chi connectivity index (χ1) is 18.5. The number of nitrogens with two attached hydrogens (primary N) is 1. The molecule has 2 aromatic rings. The van der Waals surface area contributed by atoms with Crippen LogP contribution in [0.2, 0.25) is 0 Å². The van der Waals surface area contributed by atoms with E-state index in [1.807, 2.05) is 0 Å². The van der Waals surface area contributed by atoms with Crippen LogP contribution in [-0.2, 0) is 4.79 Å². The van der Waals surface area contributed by atoms with Gasteiger partial charge in [-0.1, -0.05) is 42.4 Å². The third-order valence-electron chi connectivity index (χ3n) is 7.34. The Kier molecular flexibility index (Phi) is 7.81. The molecule has 2 aliphatic carbocycles. The zero-order valence-electron chi connectivity index (χ0n) is 21.8. The third-order valence-corrected chi connectivity index (χ3v) is 9.67. The number of thioether (sulfide) groups is 1. The van der Waals surface area contributed by atoms with Crippen LogP contribution in [0.1, 0.15) is 62.8 Å². The van der Waals surface area contributed by atoms with E-state index in [1.165, 1.54) is 64.8 Å². The summed E-state index contributed by atoms with van der Waals surface area (Å²) in [6.45, 7) is 0. The Morgan fingerprint density at radius 2 is 1.76 bits per heavy atom. The van der Waals surface area contributed by atoms with Crippen LogP contribution in [-0.4, -0.2) is 42.6 Å². The number of allylic oxidation sites excluding steroid dienone is 3. The molecule has 0 saturated heterocycles. The summed E-state index contributed by atoms with van der Waals surface area (Å²) in [7, 11) is 4.60. The van der Waals surface area contributed by atoms with Crippen molar-refractivity contribution in [2.75, 3.05) is 26.2 Å². The van der Waals surface area contributed by atoms with Gasteiger partial charge in [0.05, 0.1) is 38.9 Å². The number of hydrogen-bond donors (Lipinski definition) is 1. The molecule has 1 aromatic heterocycles. The summed E-state index contributed by atoms with van der Waals surface area (Å²) in [6, 6.07) is 5.86. The van der Waals surface area contributed by atoms with E-state index in [-0.39, 0.29) is 17.2 Å². The quantitative estimate of drug-likeness (QED) is 0.483. The molecule has 1 aliphatic heterocycles. The molecule has 0 amide bonds. The minimum absolute atomic E-state index is 0.00317. The summed E-state index contributed by atoms with van der Waals surface area (Å²) in [5.74, 6) is 0.934. The number of benzene rings is 1. The van der Waals surface area contributed by atoms with Gasteiger partial charge < -0.3 is 19.9 Å². The fourth-order valence-electron chi connectivity index (χ4n) is 5.57. The summed E-state index contributed by atoms with van der Waals surface area (Å²) < 4.78 is 17.5.